The van der Waals surface area contributed by atoms with Crippen LogP contribution in [-0.2, 0) is 22.7 Å². The maximum absolute atomic E-state index is 15.1. The second-order valence-corrected chi connectivity index (χ2v) is 9.79. The fourth-order valence-corrected chi connectivity index (χ4v) is 5.62. The highest BCUT2D eigenvalue weighted by Gasteiger charge is 2.40. The number of amides is 3. The molecule has 0 saturated carbocycles. The van der Waals surface area contributed by atoms with Crippen LogP contribution in [0.3, 0.4) is 0 Å². The number of methoxy groups -OCH3 is 1. The van der Waals surface area contributed by atoms with Crippen LogP contribution >= 0.6 is 0 Å². The van der Waals surface area contributed by atoms with Crippen LogP contribution in [0.15, 0.2) is 30.3 Å². The zero-order chi connectivity index (χ0) is 24.7. The molecule has 7 nitrogen and oxygen atoms in total. The minimum atomic E-state index is -0.691. The second kappa shape index (κ2) is 9.41. The molecular formula is C27H30FN3O4. The first-order valence-corrected chi connectivity index (χ1v) is 12.2. The van der Waals surface area contributed by atoms with Gasteiger partial charge < -0.3 is 9.64 Å². The number of rotatable bonds is 5. The van der Waals surface area contributed by atoms with Crippen molar-refractivity contribution in [1.29, 1.82) is 0 Å². The molecule has 0 bridgehead atoms. The zero-order valence-corrected chi connectivity index (χ0v) is 20.1. The highest BCUT2D eigenvalue weighted by molar-refractivity contribution is 6.05. The number of hydrogen-bond acceptors (Lipinski definition) is 5. The van der Waals surface area contributed by atoms with Crippen LogP contribution < -0.4 is 10.1 Å². The summed E-state index contributed by atoms with van der Waals surface area (Å²) in [6, 6.07) is 8.70. The lowest BCUT2D eigenvalue weighted by atomic mass is 9.87. The van der Waals surface area contributed by atoms with Gasteiger partial charge in [-0.05, 0) is 79.6 Å². The minimum Gasteiger partial charge on any atom is -0.496 e. The van der Waals surface area contributed by atoms with E-state index in [1.165, 1.54) is 16.5 Å². The van der Waals surface area contributed by atoms with Gasteiger partial charge in [-0.3, -0.25) is 24.6 Å². The van der Waals surface area contributed by atoms with E-state index in [0.29, 0.717) is 17.5 Å². The number of likely N-dealkylation sites (tertiary alicyclic amines) is 1. The van der Waals surface area contributed by atoms with Gasteiger partial charge in [0.2, 0.25) is 11.8 Å². The Morgan fingerprint density at radius 2 is 1.86 bits per heavy atom. The van der Waals surface area contributed by atoms with Crippen molar-refractivity contribution in [2.45, 2.75) is 57.7 Å². The first-order chi connectivity index (χ1) is 16.8. The fourth-order valence-electron chi connectivity index (χ4n) is 5.62. The molecule has 0 aromatic heterocycles. The van der Waals surface area contributed by atoms with Gasteiger partial charge in [0.25, 0.3) is 5.91 Å². The standard InChI is InChI=1S/C27H30FN3O4/c1-16-11-17(3-5-24(16)35-2)14-30-9-7-18(8-10-30)20-12-19-15-31(27(34)21(19)13-22(20)28)23-4-6-25(32)29-26(23)33/h3,5,11-13,18,23H,4,6-10,14-15H2,1-2H3,(H,29,32,33). The molecule has 1 N–H and O–H groups in total. The molecule has 2 saturated heterocycles. The number of benzene rings is 2. The van der Waals surface area contributed by atoms with Crippen LogP contribution in [0.5, 0.6) is 5.75 Å². The predicted octanol–water partition coefficient (Wildman–Crippen LogP) is 3.28. The fraction of sp³-hybridized carbons (Fsp3) is 0.444. The maximum Gasteiger partial charge on any atom is 0.255 e. The zero-order valence-electron chi connectivity index (χ0n) is 20.1. The summed E-state index contributed by atoms with van der Waals surface area (Å²) in [5, 5.41) is 2.30. The molecule has 0 aliphatic carbocycles. The number of ether oxygens (including phenoxy) is 1. The van der Waals surface area contributed by atoms with E-state index in [1.54, 1.807) is 7.11 Å². The number of carbonyl (C=O) groups is 3. The Labute approximate surface area is 204 Å². The molecule has 5 rings (SSSR count). The third-order valence-electron chi connectivity index (χ3n) is 7.53. The molecule has 35 heavy (non-hydrogen) atoms. The number of nitrogens with one attached hydrogen (secondary N) is 1. The molecule has 0 spiro atoms. The lowest BCUT2D eigenvalue weighted by Crippen LogP contribution is -2.52. The van der Waals surface area contributed by atoms with E-state index < -0.39 is 11.9 Å². The summed E-state index contributed by atoms with van der Waals surface area (Å²) in [6.45, 7) is 4.89. The third kappa shape index (κ3) is 4.55. The van der Waals surface area contributed by atoms with E-state index in [4.69, 9.17) is 4.74 Å². The quantitative estimate of drug-likeness (QED) is 0.666. The van der Waals surface area contributed by atoms with Crippen LogP contribution in [-0.4, -0.2) is 53.8 Å². The van der Waals surface area contributed by atoms with Gasteiger partial charge in [-0.2, -0.15) is 0 Å². The molecular weight excluding hydrogens is 449 g/mol. The van der Waals surface area contributed by atoms with Crippen molar-refractivity contribution in [1.82, 2.24) is 15.1 Å². The van der Waals surface area contributed by atoms with Gasteiger partial charge >= 0.3 is 0 Å². The predicted molar refractivity (Wildman–Crippen MR) is 127 cm³/mol. The molecule has 1 unspecified atom stereocenters. The van der Waals surface area contributed by atoms with E-state index >= 15 is 4.39 Å². The van der Waals surface area contributed by atoms with Crippen molar-refractivity contribution in [3.8, 4) is 5.75 Å². The van der Waals surface area contributed by atoms with E-state index in [1.807, 2.05) is 19.1 Å². The van der Waals surface area contributed by atoms with Gasteiger partial charge in [-0.1, -0.05) is 18.2 Å². The van der Waals surface area contributed by atoms with Crippen molar-refractivity contribution in [3.05, 3.63) is 64.0 Å². The first kappa shape index (κ1) is 23.5. The molecule has 2 aromatic carbocycles. The summed E-state index contributed by atoms with van der Waals surface area (Å²) in [4.78, 5) is 40.5. The molecule has 184 valence electrons. The lowest BCUT2D eigenvalue weighted by Gasteiger charge is -2.32. The number of halogens is 1. The Balaban J connectivity index is 1.25. The number of imide groups is 1. The summed E-state index contributed by atoms with van der Waals surface area (Å²) in [6.07, 6.45) is 2.18. The number of piperidine rings is 2. The summed E-state index contributed by atoms with van der Waals surface area (Å²) in [5.74, 6) is -0.501. The number of hydrogen-bond donors (Lipinski definition) is 1. The van der Waals surface area contributed by atoms with E-state index in [0.717, 1.165) is 49.4 Å². The maximum atomic E-state index is 15.1. The summed E-state index contributed by atoms with van der Waals surface area (Å²) in [7, 11) is 1.67. The van der Waals surface area contributed by atoms with Crippen molar-refractivity contribution in [2.75, 3.05) is 20.2 Å². The molecule has 3 aliphatic heterocycles. The smallest absolute Gasteiger partial charge is 0.255 e. The Bertz CT molecular complexity index is 1190. The van der Waals surface area contributed by atoms with Gasteiger partial charge in [0.1, 0.15) is 17.6 Å². The van der Waals surface area contributed by atoms with E-state index in [2.05, 4.69) is 22.3 Å². The van der Waals surface area contributed by atoms with E-state index in [-0.39, 0.29) is 36.5 Å². The Hall–Kier alpha value is -3.26. The topological polar surface area (TPSA) is 79.0 Å². The lowest BCUT2D eigenvalue weighted by molar-refractivity contribution is -0.136. The van der Waals surface area contributed by atoms with Crippen molar-refractivity contribution in [3.63, 3.8) is 0 Å². The largest absolute Gasteiger partial charge is 0.496 e. The number of carbonyl (C=O) groups excluding carboxylic acids is 3. The van der Waals surface area contributed by atoms with Crippen LogP contribution in [0.1, 0.15) is 64.2 Å². The van der Waals surface area contributed by atoms with E-state index in [9.17, 15) is 14.4 Å². The molecule has 2 fully saturated rings. The van der Waals surface area contributed by atoms with Crippen LogP contribution in [0, 0.1) is 12.7 Å². The van der Waals surface area contributed by atoms with Crippen LogP contribution in [0.25, 0.3) is 0 Å². The number of fused-ring (bicyclic) bond motifs is 1. The molecule has 2 aromatic rings. The molecule has 8 heteroatoms. The monoisotopic (exact) mass is 479 g/mol. The first-order valence-electron chi connectivity index (χ1n) is 12.2. The van der Waals surface area contributed by atoms with Gasteiger partial charge in [0, 0.05) is 25.1 Å². The van der Waals surface area contributed by atoms with Crippen LogP contribution in [0.2, 0.25) is 0 Å². The summed E-state index contributed by atoms with van der Waals surface area (Å²) in [5.41, 5.74) is 4.08. The molecule has 0 radical (unpaired) electrons. The molecule has 1 atom stereocenters. The van der Waals surface area contributed by atoms with Crippen molar-refractivity contribution < 1.29 is 23.5 Å². The van der Waals surface area contributed by atoms with Crippen molar-refractivity contribution in [2.24, 2.45) is 0 Å². The Kier molecular flexibility index (Phi) is 6.32. The SMILES string of the molecule is COc1ccc(CN2CCC(c3cc4c(cc3F)C(=O)N(C3CCC(=O)NC3=O)C4)CC2)cc1C. The average molecular weight is 480 g/mol. The van der Waals surface area contributed by atoms with Gasteiger partial charge in [0.05, 0.1) is 7.11 Å². The average Bonchev–Trinajstić information content (AvgIpc) is 3.14. The normalized spacial score (nSPS) is 21.3. The highest BCUT2D eigenvalue weighted by atomic mass is 19.1. The van der Waals surface area contributed by atoms with Crippen LogP contribution in [0.4, 0.5) is 4.39 Å². The Morgan fingerprint density at radius 1 is 1.09 bits per heavy atom. The number of aryl methyl sites for hydroxylation is 1. The van der Waals surface area contributed by atoms with Gasteiger partial charge in [-0.25, -0.2) is 4.39 Å². The van der Waals surface area contributed by atoms with Gasteiger partial charge in [0.15, 0.2) is 0 Å². The molecule has 3 aliphatic rings. The molecule has 3 heterocycles. The summed E-state index contributed by atoms with van der Waals surface area (Å²) >= 11 is 0. The summed E-state index contributed by atoms with van der Waals surface area (Å²) < 4.78 is 20.5. The number of nitrogens with zero attached hydrogens (tertiary/aromatic N) is 2. The Morgan fingerprint density at radius 3 is 2.54 bits per heavy atom. The van der Waals surface area contributed by atoms with Gasteiger partial charge in [-0.15, -0.1) is 0 Å². The highest BCUT2D eigenvalue weighted by Crippen LogP contribution is 2.35. The minimum absolute atomic E-state index is 0.0916. The third-order valence-corrected chi connectivity index (χ3v) is 7.53. The second-order valence-electron chi connectivity index (χ2n) is 9.79. The van der Waals surface area contributed by atoms with Crippen molar-refractivity contribution >= 4 is 17.7 Å². The molecule has 3 amide bonds.